The van der Waals surface area contributed by atoms with Crippen LogP contribution in [0.15, 0.2) is 123 Å². The summed E-state index contributed by atoms with van der Waals surface area (Å²) in [5.74, 6) is 0. The molecule has 5 aromatic rings. The maximum absolute atomic E-state index is 12.9. The Bertz CT molecular complexity index is 2360. The highest BCUT2D eigenvalue weighted by Gasteiger charge is 2.24. The lowest BCUT2D eigenvalue weighted by atomic mass is 10.1. The molecule has 0 radical (unpaired) electrons. The monoisotopic (exact) mass is 815 g/mol. The van der Waals surface area contributed by atoms with Crippen LogP contribution in [-0.4, -0.2) is 46.2 Å². The van der Waals surface area contributed by atoms with Crippen molar-refractivity contribution in [3.63, 3.8) is 0 Å². The molecule has 0 aliphatic rings. The van der Waals surface area contributed by atoms with E-state index in [0.717, 1.165) is 40.0 Å². The van der Waals surface area contributed by atoms with Crippen molar-refractivity contribution < 1.29 is 33.7 Å². The summed E-state index contributed by atoms with van der Waals surface area (Å²) in [7, 11) is -14.3. The Labute approximate surface area is 291 Å². The lowest BCUT2D eigenvalue weighted by Gasteiger charge is -2.11. The van der Waals surface area contributed by atoms with E-state index in [1.807, 2.05) is 13.0 Å². The molecule has 0 saturated heterocycles. The van der Waals surface area contributed by atoms with E-state index < -0.39 is 39.3 Å². The van der Waals surface area contributed by atoms with Crippen molar-refractivity contribution >= 4 is 78.0 Å². The maximum Gasteiger partial charge on any atom is 0.216 e. The van der Waals surface area contributed by atoms with Gasteiger partial charge in [0.25, 0.3) is 0 Å². The lowest BCUT2D eigenvalue weighted by Crippen LogP contribution is -2.04. The standard InChI is InChI=1S/C18H17NO4S3.C13H13BrO4S3/c1-25(20,21)17-9-8-15(11-16(17)13-5-3-2-4-6-13)26(22,23)18-10-7-14(12-19)24-18;1-3-9-4-7-13(19-9)21(17,18)10-5-6-12(11(14)8-10)20(2,15)16/h2-11H,12,19H2,1H3;4-8H,3H2,1-2H3. The number of nitrogens with two attached hydrogens (primary N) is 1. The number of aryl methyl sites for hydroxylation is 1. The fourth-order valence-electron chi connectivity index (χ4n) is 4.33. The van der Waals surface area contributed by atoms with E-state index in [1.54, 1.807) is 42.5 Å². The van der Waals surface area contributed by atoms with Gasteiger partial charge in [-0.25, -0.2) is 33.7 Å². The molecule has 9 nitrogen and oxygen atoms in total. The fraction of sp³-hybridized carbons (Fsp3) is 0.161. The number of benzene rings is 3. The van der Waals surface area contributed by atoms with Crippen LogP contribution < -0.4 is 5.73 Å². The number of hydrogen-bond acceptors (Lipinski definition) is 11. The highest BCUT2D eigenvalue weighted by atomic mass is 79.9. The summed E-state index contributed by atoms with van der Waals surface area (Å²) in [6.07, 6.45) is 2.96. The number of hydrogen-bond donors (Lipinski definition) is 1. The average molecular weight is 817 g/mol. The summed E-state index contributed by atoms with van der Waals surface area (Å²) in [5, 5.41) is 0. The molecule has 0 fully saturated rings. The third-order valence-corrected chi connectivity index (χ3v) is 16.8. The van der Waals surface area contributed by atoms with E-state index in [2.05, 4.69) is 15.9 Å². The number of rotatable bonds is 9. The molecule has 0 spiro atoms. The Morgan fingerprint density at radius 1 is 0.617 bits per heavy atom. The van der Waals surface area contributed by atoms with E-state index in [1.165, 1.54) is 53.8 Å². The van der Waals surface area contributed by atoms with Crippen molar-refractivity contribution in [2.75, 3.05) is 12.5 Å². The molecule has 5 rings (SSSR count). The van der Waals surface area contributed by atoms with Gasteiger partial charge in [-0.05, 0) is 88.6 Å². The molecule has 0 unspecified atom stereocenters. The van der Waals surface area contributed by atoms with E-state index in [4.69, 9.17) is 5.73 Å². The van der Waals surface area contributed by atoms with Gasteiger partial charge in [0.15, 0.2) is 19.7 Å². The molecule has 16 heteroatoms. The molecule has 2 heterocycles. The first-order valence-corrected chi connectivity index (χ1v) is 22.8. The van der Waals surface area contributed by atoms with E-state index in [0.29, 0.717) is 11.1 Å². The van der Waals surface area contributed by atoms with Crippen molar-refractivity contribution in [1.29, 1.82) is 0 Å². The third kappa shape index (κ3) is 8.48. The van der Waals surface area contributed by atoms with Crippen LogP contribution in [0, 0.1) is 0 Å². The van der Waals surface area contributed by atoms with Crippen LogP contribution in [0.3, 0.4) is 0 Å². The maximum atomic E-state index is 12.9. The quantitative estimate of drug-likeness (QED) is 0.177. The fourth-order valence-corrected chi connectivity index (χ4v) is 12.7. The lowest BCUT2D eigenvalue weighted by molar-refractivity contribution is 0.595. The smallest absolute Gasteiger partial charge is 0.216 e. The molecule has 0 atom stereocenters. The summed E-state index contributed by atoms with van der Waals surface area (Å²) in [6.45, 7) is 2.22. The third-order valence-electron chi connectivity index (χ3n) is 6.71. The minimum atomic E-state index is -3.75. The van der Waals surface area contributed by atoms with Crippen molar-refractivity contribution in [1.82, 2.24) is 0 Å². The first-order valence-electron chi connectivity index (χ1n) is 13.7. The van der Waals surface area contributed by atoms with Crippen molar-refractivity contribution in [3.05, 3.63) is 105 Å². The number of halogens is 1. The molecule has 2 N–H and O–H groups in total. The topological polar surface area (TPSA) is 163 Å². The van der Waals surface area contributed by atoms with E-state index >= 15 is 0 Å². The second-order valence-corrected chi connectivity index (χ2v) is 21.7. The van der Waals surface area contributed by atoms with Crippen LogP contribution in [0.4, 0.5) is 0 Å². The highest BCUT2D eigenvalue weighted by Crippen LogP contribution is 2.34. The minimum absolute atomic E-state index is 0.0502. The van der Waals surface area contributed by atoms with Gasteiger partial charge in [-0.15, -0.1) is 22.7 Å². The molecule has 47 heavy (non-hydrogen) atoms. The predicted molar refractivity (Wildman–Crippen MR) is 189 cm³/mol. The average Bonchev–Trinajstić information content (AvgIpc) is 3.71. The second-order valence-electron chi connectivity index (χ2n) is 10.2. The van der Waals surface area contributed by atoms with Gasteiger partial charge in [-0.2, -0.15) is 0 Å². The zero-order valence-corrected chi connectivity index (χ0v) is 31.7. The van der Waals surface area contributed by atoms with Crippen LogP contribution >= 0.6 is 38.6 Å². The molecule has 2 aromatic heterocycles. The van der Waals surface area contributed by atoms with Gasteiger partial charge in [-0.1, -0.05) is 37.3 Å². The molecule has 0 bridgehead atoms. The Morgan fingerprint density at radius 2 is 1.11 bits per heavy atom. The van der Waals surface area contributed by atoms with Crippen molar-refractivity contribution in [2.24, 2.45) is 5.73 Å². The Morgan fingerprint density at radius 3 is 1.55 bits per heavy atom. The second kappa shape index (κ2) is 14.4. The summed E-state index contributed by atoms with van der Waals surface area (Å²) >= 11 is 5.47. The number of sulfone groups is 4. The molecular weight excluding hydrogens is 787 g/mol. The first kappa shape index (κ1) is 37.1. The van der Waals surface area contributed by atoms with Gasteiger partial charge in [-0.3, -0.25) is 0 Å². The predicted octanol–water partition coefficient (Wildman–Crippen LogP) is 6.42. The summed E-state index contributed by atoms with van der Waals surface area (Å²) in [4.78, 5) is 2.04. The SMILES string of the molecule is CCc1ccc(S(=O)(=O)c2ccc(S(C)(=O)=O)c(Br)c2)s1.CS(=O)(=O)c1ccc(S(=O)(=O)c2ccc(CN)s2)cc1-c1ccccc1. The molecule has 0 amide bonds. The van der Waals surface area contributed by atoms with Gasteiger partial charge >= 0.3 is 0 Å². The summed E-state index contributed by atoms with van der Waals surface area (Å²) in [5.41, 5.74) is 6.57. The first-order chi connectivity index (χ1) is 21.9. The van der Waals surface area contributed by atoms with Crippen molar-refractivity contribution in [3.8, 4) is 11.1 Å². The zero-order valence-electron chi connectivity index (χ0n) is 25.2. The molecule has 0 aliphatic heterocycles. The van der Waals surface area contributed by atoms with E-state index in [9.17, 15) is 33.7 Å². The number of thiophene rings is 2. The van der Waals surface area contributed by atoms with Crippen LogP contribution in [0.1, 0.15) is 16.7 Å². The highest BCUT2D eigenvalue weighted by molar-refractivity contribution is 9.10. The largest absolute Gasteiger partial charge is 0.326 e. The van der Waals surface area contributed by atoms with Gasteiger partial charge < -0.3 is 5.73 Å². The molecule has 0 saturated carbocycles. The van der Waals surface area contributed by atoms with Gasteiger partial charge in [0, 0.05) is 38.8 Å². The van der Waals surface area contributed by atoms with Crippen LogP contribution in [0.2, 0.25) is 0 Å². The van der Waals surface area contributed by atoms with Gasteiger partial charge in [0.05, 0.1) is 19.6 Å². The van der Waals surface area contributed by atoms with E-state index in [-0.39, 0.29) is 39.0 Å². The molecule has 3 aromatic carbocycles. The van der Waals surface area contributed by atoms with Crippen LogP contribution in [0.5, 0.6) is 0 Å². The molecular formula is C31H30BrNO8S6. The van der Waals surface area contributed by atoms with Gasteiger partial charge in [0.1, 0.15) is 8.42 Å². The summed E-state index contributed by atoms with van der Waals surface area (Å²) in [6, 6.07) is 23.5. The molecule has 0 aliphatic carbocycles. The Balaban J connectivity index is 0.000000218. The normalized spacial score (nSPS) is 12.4. The van der Waals surface area contributed by atoms with Crippen molar-refractivity contribution in [2.45, 2.75) is 47.9 Å². The van der Waals surface area contributed by atoms with Crippen LogP contribution in [-0.2, 0) is 52.3 Å². The Kier molecular flexibility index (Phi) is 11.4. The Hall–Kier alpha value is -2.70. The van der Waals surface area contributed by atoms with Gasteiger partial charge in [0.2, 0.25) is 19.7 Å². The summed E-state index contributed by atoms with van der Waals surface area (Å²) < 4.78 is 99.0. The zero-order chi connectivity index (χ0) is 34.8. The minimum Gasteiger partial charge on any atom is -0.326 e. The van der Waals surface area contributed by atoms with Crippen LogP contribution in [0.25, 0.3) is 11.1 Å². The molecule has 250 valence electrons.